The largest absolute Gasteiger partial charge is 0.464 e. The van der Waals surface area contributed by atoms with Gasteiger partial charge in [0.2, 0.25) is 0 Å². The smallest absolute Gasteiger partial charge is 0.329 e. The molecule has 0 unspecified atom stereocenters. The van der Waals surface area contributed by atoms with Crippen LogP contribution in [-0.2, 0) is 9.53 Å². The first-order valence-corrected chi connectivity index (χ1v) is 8.87. The number of rotatable bonds is 5. The highest BCUT2D eigenvalue weighted by Crippen LogP contribution is 2.35. The highest BCUT2D eigenvalue weighted by atomic mass is 32.2. The number of carbonyl (C=O) groups is 2. The summed E-state index contributed by atoms with van der Waals surface area (Å²) in [7, 11) is 0. The van der Waals surface area contributed by atoms with Crippen molar-refractivity contribution in [2.24, 2.45) is 5.92 Å². The fourth-order valence-corrected chi connectivity index (χ4v) is 4.02. The Morgan fingerprint density at radius 1 is 1.39 bits per heavy atom. The lowest BCUT2D eigenvalue weighted by Gasteiger charge is -2.30. The van der Waals surface area contributed by atoms with Crippen LogP contribution in [0.15, 0.2) is 24.3 Å². The van der Waals surface area contributed by atoms with E-state index in [1.54, 1.807) is 6.07 Å². The Morgan fingerprint density at radius 3 is 2.70 bits per heavy atom. The normalized spacial score (nSPS) is 20.8. The quantitative estimate of drug-likeness (QED) is 0.772. The van der Waals surface area contributed by atoms with E-state index < -0.39 is 23.7 Å². The number of hydrogen-bond acceptors (Lipinski definition) is 4. The number of amides is 1. The van der Waals surface area contributed by atoms with Crippen molar-refractivity contribution in [1.82, 2.24) is 4.90 Å². The van der Waals surface area contributed by atoms with E-state index in [2.05, 4.69) is 0 Å². The zero-order valence-electron chi connectivity index (χ0n) is 13.6. The number of benzene rings is 1. The molecule has 1 heterocycles. The molecule has 1 amide bonds. The molecule has 2 atom stereocenters. The third-order valence-corrected chi connectivity index (χ3v) is 5.29. The van der Waals surface area contributed by atoms with Gasteiger partial charge in [0.05, 0.1) is 17.5 Å². The van der Waals surface area contributed by atoms with Gasteiger partial charge in [0, 0.05) is 5.75 Å². The lowest BCUT2D eigenvalue weighted by Crippen LogP contribution is -2.48. The first kappa shape index (κ1) is 17.8. The fourth-order valence-electron chi connectivity index (χ4n) is 2.55. The maximum Gasteiger partial charge on any atom is 0.329 e. The summed E-state index contributed by atoms with van der Waals surface area (Å²) in [5, 5.41) is -0.165. The van der Waals surface area contributed by atoms with Crippen molar-refractivity contribution >= 4 is 23.6 Å². The molecule has 1 aliphatic rings. The first-order valence-electron chi connectivity index (χ1n) is 7.82. The van der Waals surface area contributed by atoms with Crippen LogP contribution in [0.3, 0.4) is 0 Å². The molecule has 2 rings (SSSR count). The van der Waals surface area contributed by atoms with Gasteiger partial charge >= 0.3 is 5.97 Å². The second-order valence-electron chi connectivity index (χ2n) is 5.84. The molecule has 23 heavy (non-hydrogen) atoms. The molecule has 0 radical (unpaired) electrons. The molecule has 1 aromatic carbocycles. The monoisotopic (exact) mass is 339 g/mol. The summed E-state index contributed by atoms with van der Waals surface area (Å²) in [5.74, 6) is -0.805. The van der Waals surface area contributed by atoms with Crippen LogP contribution < -0.4 is 0 Å². The van der Waals surface area contributed by atoms with Crippen molar-refractivity contribution in [3.63, 3.8) is 0 Å². The minimum Gasteiger partial charge on any atom is -0.464 e. The van der Waals surface area contributed by atoms with Crippen molar-refractivity contribution in [1.29, 1.82) is 0 Å². The summed E-state index contributed by atoms with van der Waals surface area (Å²) in [5.41, 5.74) is -0.00561. The Bertz CT molecular complexity index is 579. The van der Waals surface area contributed by atoms with Crippen LogP contribution in [0.1, 0.15) is 37.6 Å². The van der Waals surface area contributed by atoms with Crippen molar-refractivity contribution in [2.45, 2.75) is 38.6 Å². The zero-order chi connectivity index (χ0) is 17.0. The van der Waals surface area contributed by atoms with Crippen molar-refractivity contribution in [3.05, 3.63) is 35.6 Å². The van der Waals surface area contributed by atoms with Crippen LogP contribution in [0.4, 0.5) is 4.39 Å². The summed E-state index contributed by atoms with van der Waals surface area (Å²) in [6.07, 6.45) is 0.723. The molecular formula is C17H22FNO3S. The van der Waals surface area contributed by atoms with Crippen molar-refractivity contribution in [2.75, 3.05) is 12.4 Å². The molecular weight excluding hydrogens is 317 g/mol. The van der Waals surface area contributed by atoms with Crippen molar-refractivity contribution in [3.8, 4) is 0 Å². The first-order chi connectivity index (χ1) is 11.0. The second kappa shape index (κ2) is 7.81. The van der Waals surface area contributed by atoms with Crippen LogP contribution in [0.2, 0.25) is 0 Å². The van der Waals surface area contributed by atoms with Gasteiger partial charge in [-0.2, -0.15) is 0 Å². The molecule has 0 N–H and O–H groups in total. The third kappa shape index (κ3) is 3.86. The molecule has 0 spiro atoms. The number of esters is 1. The molecule has 0 aromatic heterocycles. The highest BCUT2D eigenvalue weighted by molar-refractivity contribution is 8.00. The molecule has 0 bridgehead atoms. The standard InChI is InChI=1S/C17H22FNO3S/c1-4-9-22-17(21)14-10-23-16(11(2)3)19(14)15(20)12-7-5-6-8-13(12)18/h5-8,11,14,16H,4,9-10H2,1-3H3/t14-,16+/m0/s1. The van der Waals surface area contributed by atoms with Crippen molar-refractivity contribution < 1.29 is 18.7 Å². The number of nitrogens with zero attached hydrogens (tertiary/aromatic N) is 1. The lowest BCUT2D eigenvalue weighted by molar-refractivity contribution is -0.148. The van der Waals surface area contributed by atoms with Gasteiger partial charge in [-0.25, -0.2) is 9.18 Å². The van der Waals surface area contributed by atoms with Gasteiger partial charge < -0.3 is 9.64 Å². The van der Waals surface area contributed by atoms with Crippen LogP contribution in [0.25, 0.3) is 0 Å². The van der Waals surface area contributed by atoms with Gasteiger partial charge in [-0.15, -0.1) is 11.8 Å². The predicted octanol–water partition coefficient (Wildman–Crippen LogP) is 3.32. The Balaban J connectivity index is 2.29. The maximum atomic E-state index is 14.0. The van der Waals surface area contributed by atoms with E-state index in [0.717, 1.165) is 6.42 Å². The van der Waals surface area contributed by atoms with Crippen LogP contribution in [-0.4, -0.2) is 40.6 Å². The lowest BCUT2D eigenvalue weighted by atomic mass is 10.1. The molecule has 1 aromatic rings. The van der Waals surface area contributed by atoms with Gasteiger partial charge in [0.25, 0.3) is 5.91 Å². The van der Waals surface area contributed by atoms with Crippen LogP contribution in [0, 0.1) is 11.7 Å². The number of ether oxygens (including phenoxy) is 1. The minimum atomic E-state index is -0.661. The van der Waals surface area contributed by atoms with Gasteiger partial charge in [-0.1, -0.05) is 32.9 Å². The Hall–Kier alpha value is -1.56. The van der Waals surface area contributed by atoms with E-state index >= 15 is 0 Å². The van der Waals surface area contributed by atoms with Gasteiger partial charge in [0.15, 0.2) is 0 Å². The summed E-state index contributed by atoms with van der Waals surface area (Å²) in [6.45, 7) is 6.21. The SMILES string of the molecule is CCCOC(=O)[C@@H]1CS[C@H](C(C)C)N1C(=O)c1ccccc1F. The molecule has 0 aliphatic carbocycles. The number of thioether (sulfide) groups is 1. The second-order valence-corrected chi connectivity index (χ2v) is 6.99. The molecule has 4 nitrogen and oxygen atoms in total. The molecule has 0 saturated carbocycles. The average molecular weight is 339 g/mol. The molecule has 6 heteroatoms. The minimum absolute atomic E-state index is 0.00561. The van der Waals surface area contributed by atoms with E-state index in [4.69, 9.17) is 4.74 Å². The van der Waals surface area contributed by atoms with Gasteiger partial charge in [0.1, 0.15) is 11.9 Å². The van der Waals surface area contributed by atoms with E-state index in [0.29, 0.717) is 12.4 Å². The van der Waals surface area contributed by atoms with E-state index in [1.165, 1.54) is 34.9 Å². The van der Waals surface area contributed by atoms with Crippen LogP contribution >= 0.6 is 11.8 Å². The maximum absolute atomic E-state index is 14.0. The third-order valence-electron chi connectivity index (χ3n) is 3.66. The van der Waals surface area contributed by atoms with E-state index in [9.17, 15) is 14.0 Å². The Labute approximate surface area is 140 Å². The Morgan fingerprint density at radius 2 is 2.09 bits per heavy atom. The highest BCUT2D eigenvalue weighted by Gasteiger charge is 2.44. The molecule has 1 saturated heterocycles. The summed E-state index contributed by atoms with van der Waals surface area (Å²) in [6, 6.07) is 5.20. The summed E-state index contributed by atoms with van der Waals surface area (Å²) < 4.78 is 19.2. The number of carbonyl (C=O) groups excluding carboxylic acids is 2. The average Bonchev–Trinajstić information content (AvgIpc) is 2.97. The fraction of sp³-hybridized carbons (Fsp3) is 0.529. The van der Waals surface area contributed by atoms with E-state index in [1.807, 2.05) is 20.8 Å². The summed E-state index contributed by atoms with van der Waals surface area (Å²) in [4.78, 5) is 26.6. The predicted molar refractivity (Wildman–Crippen MR) is 88.7 cm³/mol. The van der Waals surface area contributed by atoms with Gasteiger partial charge in [-0.05, 0) is 24.5 Å². The number of halogens is 1. The topological polar surface area (TPSA) is 46.6 Å². The number of hydrogen-bond donors (Lipinski definition) is 0. The van der Waals surface area contributed by atoms with E-state index in [-0.39, 0.29) is 16.9 Å². The zero-order valence-corrected chi connectivity index (χ0v) is 14.4. The molecule has 126 valence electrons. The Kier molecular flexibility index (Phi) is 6.04. The molecule has 1 fully saturated rings. The summed E-state index contributed by atoms with van der Waals surface area (Å²) >= 11 is 1.54. The molecule has 1 aliphatic heterocycles. The van der Waals surface area contributed by atoms with Crippen LogP contribution in [0.5, 0.6) is 0 Å². The van der Waals surface area contributed by atoms with Gasteiger partial charge in [-0.3, -0.25) is 4.79 Å².